The second kappa shape index (κ2) is 7.07. The van der Waals surface area contributed by atoms with E-state index in [-0.39, 0.29) is 18.2 Å². The van der Waals surface area contributed by atoms with Crippen LogP contribution < -0.4 is 10.2 Å². The Balaban J connectivity index is 1.75. The number of para-hydroxylation sites is 2. The summed E-state index contributed by atoms with van der Waals surface area (Å²) in [6.45, 7) is 2.28. The highest BCUT2D eigenvalue weighted by atomic mass is 16.3. The normalized spacial score (nSPS) is 16.6. The minimum Gasteiger partial charge on any atom is -0.385 e. The number of aliphatic hydroxyl groups is 1. The van der Waals surface area contributed by atoms with Crippen molar-refractivity contribution in [3.8, 4) is 0 Å². The lowest BCUT2D eigenvalue weighted by Gasteiger charge is -2.24. The van der Waals surface area contributed by atoms with Gasteiger partial charge in [-0.15, -0.1) is 0 Å². The first-order chi connectivity index (χ1) is 12.0. The minimum absolute atomic E-state index is 0.0676. The van der Waals surface area contributed by atoms with Crippen LogP contribution in [0.5, 0.6) is 0 Å². The van der Waals surface area contributed by atoms with Gasteiger partial charge in [-0.05, 0) is 31.0 Å². The van der Waals surface area contributed by atoms with Gasteiger partial charge in [0.05, 0.1) is 23.4 Å². The lowest BCUT2D eigenvalue weighted by atomic mass is 9.92. The van der Waals surface area contributed by atoms with E-state index in [4.69, 9.17) is 0 Å². The molecule has 5 nitrogen and oxygen atoms in total. The molecule has 0 radical (unpaired) electrons. The number of nitrogens with zero attached hydrogens (tertiary/aromatic N) is 1. The number of benzene rings is 2. The Morgan fingerprint density at radius 1 is 1.16 bits per heavy atom. The molecule has 1 aliphatic rings. The second-order valence-electron chi connectivity index (χ2n) is 6.53. The Labute approximate surface area is 147 Å². The Hall–Kier alpha value is -2.66. The van der Waals surface area contributed by atoms with Gasteiger partial charge in [-0.25, -0.2) is 0 Å². The number of nitrogens with one attached hydrogen (secondary N) is 1. The first-order valence-electron chi connectivity index (χ1n) is 8.44. The zero-order chi connectivity index (χ0) is 17.9. The van der Waals surface area contributed by atoms with Crippen molar-refractivity contribution in [2.24, 2.45) is 0 Å². The molecule has 1 aliphatic heterocycles. The van der Waals surface area contributed by atoms with E-state index in [1.165, 1.54) is 0 Å². The van der Waals surface area contributed by atoms with Crippen LogP contribution in [0.1, 0.15) is 31.7 Å². The summed E-state index contributed by atoms with van der Waals surface area (Å²) in [4.78, 5) is 26.2. The third-order valence-electron chi connectivity index (χ3n) is 4.44. The van der Waals surface area contributed by atoms with Crippen molar-refractivity contribution in [2.75, 3.05) is 16.8 Å². The molecule has 1 saturated heterocycles. The van der Waals surface area contributed by atoms with Gasteiger partial charge in [0.1, 0.15) is 0 Å². The molecule has 1 atom stereocenters. The molecule has 0 aromatic heterocycles. The van der Waals surface area contributed by atoms with Crippen LogP contribution in [0.15, 0.2) is 54.6 Å². The molecular formula is C20H22N2O3. The molecule has 0 bridgehead atoms. The van der Waals surface area contributed by atoms with Gasteiger partial charge < -0.3 is 15.3 Å². The van der Waals surface area contributed by atoms with Crippen molar-refractivity contribution < 1.29 is 14.7 Å². The second-order valence-corrected chi connectivity index (χ2v) is 6.53. The molecule has 1 fully saturated rings. The van der Waals surface area contributed by atoms with Crippen LogP contribution in [-0.4, -0.2) is 23.5 Å². The summed E-state index contributed by atoms with van der Waals surface area (Å²) in [7, 11) is 0. The van der Waals surface area contributed by atoms with Gasteiger partial charge in [0, 0.05) is 13.0 Å². The summed E-state index contributed by atoms with van der Waals surface area (Å²) in [5, 5.41) is 13.5. The van der Waals surface area contributed by atoms with E-state index in [2.05, 4.69) is 5.32 Å². The summed E-state index contributed by atoms with van der Waals surface area (Å²) >= 11 is 0. The third-order valence-corrected chi connectivity index (χ3v) is 4.44. The molecule has 5 heteroatoms. The summed E-state index contributed by atoms with van der Waals surface area (Å²) < 4.78 is 0. The molecule has 2 aromatic rings. The number of carbonyl (C=O) groups excluding carboxylic acids is 2. The van der Waals surface area contributed by atoms with Gasteiger partial charge in [-0.2, -0.15) is 0 Å². The number of rotatable bonds is 5. The fraction of sp³-hybridized carbons (Fsp3) is 0.300. The average molecular weight is 338 g/mol. The lowest BCUT2D eigenvalue weighted by Crippen LogP contribution is -2.29. The fourth-order valence-electron chi connectivity index (χ4n) is 3.12. The molecule has 2 amide bonds. The molecule has 0 spiro atoms. The Morgan fingerprint density at radius 2 is 1.84 bits per heavy atom. The first-order valence-corrected chi connectivity index (χ1v) is 8.44. The van der Waals surface area contributed by atoms with E-state index >= 15 is 0 Å². The molecule has 0 saturated carbocycles. The number of carbonyl (C=O) groups is 2. The van der Waals surface area contributed by atoms with Crippen LogP contribution in [0.25, 0.3) is 0 Å². The smallest absolute Gasteiger partial charge is 0.227 e. The van der Waals surface area contributed by atoms with E-state index in [9.17, 15) is 14.7 Å². The zero-order valence-electron chi connectivity index (χ0n) is 14.2. The van der Waals surface area contributed by atoms with Gasteiger partial charge in [0.2, 0.25) is 11.8 Å². The van der Waals surface area contributed by atoms with Gasteiger partial charge in [-0.3, -0.25) is 9.59 Å². The van der Waals surface area contributed by atoms with Gasteiger partial charge >= 0.3 is 0 Å². The first kappa shape index (κ1) is 17.2. The number of amides is 2. The maximum absolute atomic E-state index is 12.5. The number of anilines is 2. The Bertz CT molecular complexity index is 772. The molecule has 0 aliphatic carbocycles. The van der Waals surface area contributed by atoms with Crippen molar-refractivity contribution in [1.29, 1.82) is 0 Å². The van der Waals surface area contributed by atoms with E-state index < -0.39 is 5.60 Å². The van der Waals surface area contributed by atoms with Gasteiger partial charge in [0.15, 0.2) is 0 Å². The predicted molar refractivity (Wildman–Crippen MR) is 97.3 cm³/mol. The monoisotopic (exact) mass is 338 g/mol. The van der Waals surface area contributed by atoms with Crippen LogP contribution >= 0.6 is 0 Å². The maximum atomic E-state index is 12.5. The maximum Gasteiger partial charge on any atom is 0.227 e. The molecule has 1 unspecified atom stereocenters. The van der Waals surface area contributed by atoms with E-state index in [0.717, 1.165) is 6.42 Å². The SMILES string of the molecule is CC(O)(CC(=O)Nc1ccccc1N1CCCC1=O)c1ccccc1. The van der Waals surface area contributed by atoms with Crippen molar-refractivity contribution >= 4 is 23.2 Å². The zero-order valence-corrected chi connectivity index (χ0v) is 14.2. The quantitative estimate of drug-likeness (QED) is 0.880. The lowest BCUT2D eigenvalue weighted by molar-refractivity contribution is -0.121. The third kappa shape index (κ3) is 3.88. The summed E-state index contributed by atoms with van der Waals surface area (Å²) in [6.07, 6.45) is 1.29. The molecule has 25 heavy (non-hydrogen) atoms. The molecule has 130 valence electrons. The molecule has 1 heterocycles. The highest BCUT2D eigenvalue weighted by Crippen LogP contribution is 2.30. The molecule has 3 rings (SSSR count). The van der Waals surface area contributed by atoms with Crippen molar-refractivity contribution in [2.45, 2.75) is 31.8 Å². The largest absolute Gasteiger partial charge is 0.385 e. The van der Waals surface area contributed by atoms with Gasteiger partial charge in [-0.1, -0.05) is 42.5 Å². The van der Waals surface area contributed by atoms with Crippen LogP contribution in [0.2, 0.25) is 0 Å². The topological polar surface area (TPSA) is 69.6 Å². The summed E-state index contributed by atoms with van der Waals surface area (Å²) in [5.41, 5.74) is 0.724. The average Bonchev–Trinajstić information content (AvgIpc) is 3.01. The van der Waals surface area contributed by atoms with E-state index in [0.29, 0.717) is 29.9 Å². The number of hydrogen-bond donors (Lipinski definition) is 2. The summed E-state index contributed by atoms with van der Waals surface area (Å²) in [5.74, 6) is -0.231. The van der Waals surface area contributed by atoms with Gasteiger partial charge in [0.25, 0.3) is 0 Å². The van der Waals surface area contributed by atoms with Crippen LogP contribution in [0.3, 0.4) is 0 Å². The number of hydrogen-bond acceptors (Lipinski definition) is 3. The summed E-state index contributed by atoms with van der Waals surface area (Å²) in [6, 6.07) is 16.4. The van der Waals surface area contributed by atoms with Crippen LogP contribution in [0, 0.1) is 0 Å². The fourth-order valence-corrected chi connectivity index (χ4v) is 3.12. The molecule has 2 aromatic carbocycles. The minimum atomic E-state index is -1.26. The van der Waals surface area contributed by atoms with E-state index in [1.54, 1.807) is 30.0 Å². The van der Waals surface area contributed by atoms with E-state index in [1.807, 2.05) is 36.4 Å². The molecule has 2 N–H and O–H groups in total. The standard InChI is InChI=1S/C20H22N2O3/c1-20(25,15-8-3-2-4-9-15)14-18(23)21-16-10-5-6-11-17(16)22-13-7-12-19(22)24/h2-6,8-11,25H,7,12-14H2,1H3,(H,21,23). The Morgan fingerprint density at radius 3 is 2.52 bits per heavy atom. The van der Waals surface area contributed by atoms with Crippen LogP contribution in [-0.2, 0) is 15.2 Å². The van der Waals surface area contributed by atoms with Crippen LogP contribution in [0.4, 0.5) is 11.4 Å². The highest BCUT2D eigenvalue weighted by Gasteiger charge is 2.28. The van der Waals surface area contributed by atoms with Crippen molar-refractivity contribution in [1.82, 2.24) is 0 Å². The molecular weight excluding hydrogens is 316 g/mol. The van der Waals surface area contributed by atoms with Crippen molar-refractivity contribution in [3.63, 3.8) is 0 Å². The predicted octanol–water partition coefficient (Wildman–Crippen LogP) is 3.05. The highest BCUT2D eigenvalue weighted by molar-refractivity contribution is 6.02. The Kier molecular flexibility index (Phi) is 4.86. The van der Waals surface area contributed by atoms with Crippen molar-refractivity contribution in [3.05, 3.63) is 60.2 Å².